The van der Waals surface area contributed by atoms with E-state index in [1.54, 1.807) is 23.2 Å². The molecule has 2 aromatic carbocycles. The molecule has 1 saturated carbocycles. The molecule has 3 aliphatic heterocycles. The number of benzene rings is 2. The van der Waals surface area contributed by atoms with Crippen molar-refractivity contribution in [3.05, 3.63) is 108 Å². The minimum Gasteiger partial charge on any atom is -0.489 e. The number of imide groups is 1. The molecule has 290 valence electrons. The number of rotatable bonds is 9. The summed E-state index contributed by atoms with van der Waals surface area (Å²) in [5, 5.41) is 4.67. The molecule has 13 heteroatoms. The van der Waals surface area contributed by atoms with Gasteiger partial charge in [0, 0.05) is 98.0 Å². The van der Waals surface area contributed by atoms with Crippen LogP contribution in [-0.4, -0.2) is 91.0 Å². The number of piperidine rings is 1. The zero-order valence-corrected chi connectivity index (χ0v) is 31.8. The number of amides is 3. The molecule has 10 rings (SSSR count). The Balaban J connectivity index is 0.648. The molecule has 6 aromatic rings. The predicted molar refractivity (Wildman–Crippen MR) is 214 cm³/mol. The maximum absolute atomic E-state index is 13.0. The molecule has 58 heavy (non-hydrogen) atoms. The predicted octanol–water partition coefficient (Wildman–Crippen LogP) is 5.05. The second kappa shape index (κ2) is 14.6. The van der Waals surface area contributed by atoms with E-state index >= 15 is 0 Å². The monoisotopic (exact) mass is 773 g/mol. The highest BCUT2D eigenvalue weighted by atomic mass is 16.5. The molecule has 4 aromatic heterocycles. The Labute approximate surface area is 333 Å². The fourth-order valence-electron chi connectivity index (χ4n) is 8.24. The molecule has 3 amide bonds. The SMILES string of the molecule is Cn1c2ccncc2c2ccc(-c3ccc(O[C@H]4C[C@H](Oc5ccc(C#CCN6CC(Oc7ccc8c(c7)CN(C7CCC(=O)NC7=O)C8=O)C6)nc5)C4)nc3)cc21. The van der Waals surface area contributed by atoms with Gasteiger partial charge in [0.1, 0.15) is 41.5 Å². The van der Waals surface area contributed by atoms with Crippen molar-refractivity contribution in [3.8, 4) is 40.3 Å². The molecule has 0 radical (unpaired) electrons. The Bertz CT molecular complexity index is 2650. The summed E-state index contributed by atoms with van der Waals surface area (Å²) in [5.74, 6) is 7.43. The summed E-state index contributed by atoms with van der Waals surface area (Å²) in [6, 6.07) is 21.1. The lowest BCUT2D eigenvalue weighted by atomic mass is 9.92. The molecule has 1 N–H and O–H groups in total. The second-order valence-corrected chi connectivity index (χ2v) is 15.4. The van der Waals surface area contributed by atoms with Crippen molar-refractivity contribution in [3.63, 3.8) is 0 Å². The van der Waals surface area contributed by atoms with Gasteiger partial charge in [-0.25, -0.2) is 9.97 Å². The van der Waals surface area contributed by atoms with Crippen LogP contribution in [0.3, 0.4) is 0 Å². The Morgan fingerprint density at radius 1 is 0.793 bits per heavy atom. The highest BCUT2D eigenvalue weighted by Crippen LogP contribution is 2.34. The number of ether oxygens (including phenoxy) is 3. The maximum Gasteiger partial charge on any atom is 0.255 e. The number of fused-ring (bicyclic) bond motifs is 4. The number of likely N-dealkylation sites (tertiary alicyclic amines) is 1. The zero-order valence-electron chi connectivity index (χ0n) is 31.8. The average molecular weight is 774 g/mol. The van der Waals surface area contributed by atoms with Crippen LogP contribution in [0.4, 0.5) is 0 Å². The van der Waals surface area contributed by atoms with E-state index in [4.69, 9.17) is 14.2 Å². The van der Waals surface area contributed by atoms with Crippen LogP contribution in [-0.2, 0) is 23.2 Å². The molecule has 1 unspecified atom stereocenters. The Hall–Kier alpha value is -6.78. The van der Waals surface area contributed by atoms with Crippen molar-refractivity contribution in [2.45, 2.75) is 56.6 Å². The second-order valence-electron chi connectivity index (χ2n) is 15.4. The van der Waals surface area contributed by atoms with Crippen LogP contribution in [0.2, 0.25) is 0 Å². The van der Waals surface area contributed by atoms with Crippen LogP contribution in [0.25, 0.3) is 32.9 Å². The highest BCUT2D eigenvalue weighted by molar-refractivity contribution is 6.08. The number of hydrogen-bond donors (Lipinski definition) is 1. The minimum absolute atomic E-state index is 0.0206. The third-order valence-electron chi connectivity index (χ3n) is 11.5. The molecule has 2 saturated heterocycles. The summed E-state index contributed by atoms with van der Waals surface area (Å²) >= 11 is 0. The largest absolute Gasteiger partial charge is 0.489 e. The van der Waals surface area contributed by atoms with E-state index in [1.165, 1.54) is 5.39 Å². The lowest BCUT2D eigenvalue weighted by Gasteiger charge is -2.37. The molecule has 0 spiro atoms. The summed E-state index contributed by atoms with van der Waals surface area (Å²) in [4.78, 5) is 54.0. The number of aryl methyl sites for hydroxylation is 1. The number of nitrogens with one attached hydrogen (secondary N) is 1. The first-order valence-electron chi connectivity index (χ1n) is 19.5. The quantitative estimate of drug-likeness (QED) is 0.157. The van der Waals surface area contributed by atoms with Crippen LogP contribution in [0.5, 0.6) is 17.4 Å². The van der Waals surface area contributed by atoms with E-state index in [2.05, 4.69) is 72.9 Å². The van der Waals surface area contributed by atoms with E-state index in [0.717, 1.165) is 59.0 Å². The van der Waals surface area contributed by atoms with Gasteiger partial charge in [-0.2, -0.15) is 0 Å². The van der Waals surface area contributed by atoms with Crippen molar-refractivity contribution in [1.29, 1.82) is 0 Å². The third-order valence-corrected chi connectivity index (χ3v) is 11.5. The molecule has 0 bridgehead atoms. The van der Waals surface area contributed by atoms with Gasteiger partial charge >= 0.3 is 0 Å². The first-order valence-corrected chi connectivity index (χ1v) is 19.5. The molecular formula is C45H39N7O6. The number of carbonyl (C=O) groups is 3. The fraction of sp³-hybridized carbons (Fsp3) is 0.289. The van der Waals surface area contributed by atoms with E-state index in [9.17, 15) is 14.4 Å². The molecule has 13 nitrogen and oxygen atoms in total. The van der Waals surface area contributed by atoms with Crippen LogP contribution in [0.15, 0.2) is 91.5 Å². The smallest absolute Gasteiger partial charge is 0.255 e. The van der Waals surface area contributed by atoms with Crippen molar-refractivity contribution < 1.29 is 28.6 Å². The zero-order chi connectivity index (χ0) is 39.3. The minimum atomic E-state index is -0.635. The van der Waals surface area contributed by atoms with Crippen molar-refractivity contribution in [1.82, 2.24) is 34.6 Å². The topological polar surface area (TPSA) is 141 Å². The van der Waals surface area contributed by atoms with Crippen molar-refractivity contribution in [2.75, 3.05) is 19.6 Å². The summed E-state index contributed by atoms with van der Waals surface area (Å²) in [5.41, 5.74) is 6.52. The summed E-state index contributed by atoms with van der Waals surface area (Å²) in [7, 11) is 2.08. The van der Waals surface area contributed by atoms with Crippen LogP contribution >= 0.6 is 0 Å². The Morgan fingerprint density at radius 2 is 1.62 bits per heavy atom. The van der Waals surface area contributed by atoms with Gasteiger partial charge in [-0.15, -0.1) is 0 Å². The number of hydrogen-bond acceptors (Lipinski definition) is 10. The summed E-state index contributed by atoms with van der Waals surface area (Å²) in [6.45, 7) is 2.39. The number of aromatic nitrogens is 4. The van der Waals surface area contributed by atoms with E-state index in [0.29, 0.717) is 48.1 Å². The maximum atomic E-state index is 13.0. The normalized spacial score (nSPS) is 20.5. The van der Waals surface area contributed by atoms with Gasteiger partial charge in [-0.3, -0.25) is 29.6 Å². The van der Waals surface area contributed by atoms with Gasteiger partial charge in [-0.1, -0.05) is 18.1 Å². The lowest BCUT2D eigenvalue weighted by molar-refractivity contribution is -0.136. The number of nitrogens with zero attached hydrogens (tertiary/aromatic N) is 6. The first-order chi connectivity index (χ1) is 28.3. The van der Waals surface area contributed by atoms with Crippen LogP contribution in [0, 0.1) is 11.8 Å². The third kappa shape index (κ3) is 6.85. The van der Waals surface area contributed by atoms with Crippen LogP contribution < -0.4 is 19.5 Å². The van der Waals surface area contributed by atoms with Gasteiger partial charge in [-0.05, 0) is 72.0 Å². The summed E-state index contributed by atoms with van der Waals surface area (Å²) < 4.78 is 20.6. The van der Waals surface area contributed by atoms with E-state index < -0.39 is 11.9 Å². The number of pyridine rings is 3. The van der Waals surface area contributed by atoms with E-state index in [1.807, 2.05) is 48.9 Å². The first kappa shape index (κ1) is 35.6. The van der Waals surface area contributed by atoms with Gasteiger partial charge in [0.15, 0.2) is 0 Å². The van der Waals surface area contributed by atoms with Gasteiger partial charge in [0.2, 0.25) is 17.7 Å². The fourth-order valence-corrected chi connectivity index (χ4v) is 8.24. The van der Waals surface area contributed by atoms with Crippen molar-refractivity contribution >= 4 is 39.5 Å². The summed E-state index contributed by atoms with van der Waals surface area (Å²) in [6.07, 6.45) is 9.55. The van der Waals surface area contributed by atoms with Crippen LogP contribution in [0.1, 0.15) is 47.3 Å². The van der Waals surface area contributed by atoms with Crippen molar-refractivity contribution in [2.24, 2.45) is 7.05 Å². The molecular weight excluding hydrogens is 735 g/mol. The molecule has 3 fully saturated rings. The average Bonchev–Trinajstić information content (AvgIpc) is 3.68. The Morgan fingerprint density at radius 3 is 2.43 bits per heavy atom. The lowest BCUT2D eigenvalue weighted by Crippen LogP contribution is -2.53. The molecule has 1 atom stereocenters. The highest BCUT2D eigenvalue weighted by Gasteiger charge is 2.39. The van der Waals surface area contributed by atoms with Gasteiger partial charge < -0.3 is 23.7 Å². The van der Waals surface area contributed by atoms with Gasteiger partial charge in [0.05, 0.1) is 18.3 Å². The van der Waals surface area contributed by atoms with Gasteiger partial charge in [0.25, 0.3) is 5.91 Å². The molecule has 1 aliphatic carbocycles. The standard InChI is InChI=1S/C45H39N7O6/c1-50-39-14-15-46-23-38(39)37-9-4-27(18-41(37)50)28-5-13-43(48-21-28)58-34-19-33(20-34)57-32-7-6-30(47-22-32)3-2-16-51-25-35(26-51)56-31-8-10-36-29(17-31)24-52(45(36)55)40-11-12-42(53)49-44(40)54/h4-10,13-15,17-18,21-23,33-35,40H,11-12,16,19-20,24-26H2,1H3,(H,49,53,54)/t33-,34-,40?. The van der Waals surface area contributed by atoms with E-state index in [-0.39, 0.29) is 36.5 Å². The molecule has 7 heterocycles. The Kier molecular flexibility index (Phi) is 8.98. The molecule has 4 aliphatic rings. The number of carbonyl (C=O) groups excluding carboxylic acids is 3.